The third kappa shape index (κ3) is 5.73. The normalized spacial score (nSPS) is 15.3. The molecule has 3 rings (SSSR count). The van der Waals surface area contributed by atoms with Gasteiger partial charge in [-0.25, -0.2) is 9.78 Å². The summed E-state index contributed by atoms with van der Waals surface area (Å²) in [5.74, 6) is -0.353. The molecule has 0 bridgehead atoms. The largest absolute Gasteiger partial charge is 0.502 e. The van der Waals surface area contributed by atoms with Crippen LogP contribution in [-0.2, 0) is 17.8 Å². The molecular formula is C21H27ClN4O4. The van der Waals surface area contributed by atoms with E-state index in [0.29, 0.717) is 43.4 Å². The van der Waals surface area contributed by atoms with Gasteiger partial charge >= 0.3 is 6.09 Å². The van der Waals surface area contributed by atoms with Crippen LogP contribution in [0.2, 0.25) is 5.02 Å². The van der Waals surface area contributed by atoms with Gasteiger partial charge in [0.15, 0.2) is 0 Å². The number of carbonyl (C=O) groups excluding carboxylic acids is 1. The van der Waals surface area contributed by atoms with Crippen LogP contribution in [-0.4, -0.2) is 62.3 Å². The number of nitrogens with zero attached hydrogens (tertiary/aromatic N) is 4. The second kappa shape index (κ2) is 9.06. The van der Waals surface area contributed by atoms with Crippen molar-refractivity contribution in [2.75, 3.05) is 26.2 Å². The van der Waals surface area contributed by atoms with Crippen LogP contribution in [0, 0.1) is 0 Å². The molecule has 1 amide bonds. The second-order valence-electron chi connectivity index (χ2n) is 8.35. The molecule has 1 aliphatic heterocycles. The van der Waals surface area contributed by atoms with Crippen molar-refractivity contribution in [3.05, 3.63) is 57.2 Å². The van der Waals surface area contributed by atoms with Crippen molar-refractivity contribution < 1.29 is 14.6 Å². The fraction of sp³-hybridized carbons (Fsp3) is 0.476. The van der Waals surface area contributed by atoms with E-state index in [9.17, 15) is 14.7 Å². The van der Waals surface area contributed by atoms with Crippen LogP contribution in [0.25, 0.3) is 0 Å². The number of aromatic nitrogens is 2. The minimum atomic E-state index is -0.529. The number of hydrogen-bond acceptors (Lipinski definition) is 6. The molecule has 1 saturated heterocycles. The van der Waals surface area contributed by atoms with Gasteiger partial charge in [0.05, 0.1) is 12.9 Å². The molecule has 9 heteroatoms. The summed E-state index contributed by atoms with van der Waals surface area (Å²) >= 11 is 5.99. The average Bonchev–Trinajstić information content (AvgIpc) is 2.67. The second-order valence-corrected chi connectivity index (χ2v) is 8.78. The molecule has 2 aromatic rings. The van der Waals surface area contributed by atoms with Gasteiger partial charge in [-0.3, -0.25) is 14.3 Å². The van der Waals surface area contributed by atoms with E-state index < -0.39 is 11.2 Å². The number of ether oxygens (including phenoxy) is 1. The summed E-state index contributed by atoms with van der Waals surface area (Å²) in [5, 5.41) is 11.0. The molecule has 0 saturated carbocycles. The highest BCUT2D eigenvalue weighted by atomic mass is 35.5. The topological polar surface area (TPSA) is 87.9 Å². The molecule has 162 valence electrons. The zero-order valence-electron chi connectivity index (χ0n) is 17.5. The van der Waals surface area contributed by atoms with Crippen molar-refractivity contribution >= 4 is 17.7 Å². The van der Waals surface area contributed by atoms with Gasteiger partial charge < -0.3 is 14.7 Å². The Morgan fingerprint density at radius 1 is 1.20 bits per heavy atom. The third-order valence-electron chi connectivity index (χ3n) is 4.73. The summed E-state index contributed by atoms with van der Waals surface area (Å²) in [7, 11) is 0. The highest BCUT2D eigenvalue weighted by Gasteiger charge is 2.26. The molecule has 0 aliphatic carbocycles. The van der Waals surface area contributed by atoms with E-state index in [0.717, 1.165) is 5.56 Å². The molecule has 1 fully saturated rings. The Labute approximate surface area is 180 Å². The Balaban J connectivity index is 1.61. The number of amides is 1. The number of aromatic hydroxyl groups is 1. The Morgan fingerprint density at radius 3 is 2.53 bits per heavy atom. The smallest absolute Gasteiger partial charge is 0.410 e. The van der Waals surface area contributed by atoms with Crippen molar-refractivity contribution in [1.29, 1.82) is 0 Å². The quantitative estimate of drug-likeness (QED) is 0.796. The van der Waals surface area contributed by atoms with Crippen LogP contribution in [0.5, 0.6) is 5.75 Å². The fourth-order valence-electron chi connectivity index (χ4n) is 3.20. The minimum absolute atomic E-state index is 0.273. The summed E-state index contributed by atoms with van der Waals surface area (Å²) in [4.78, 5) is 32.7. The molecule has 0 unspecified atom stereocenters. The maximum atomic E-state index is 12.5. The van der Waals surface area contributed by atoms with E-state index in [4.69, 9.17) is 16.3 Å². The summed E-state index contributed by atoms with van der Waals surface area (Å²) in [6.07, 6.45) is 1.11. The predicted octanol–water partition coefficient (Wildman–Crippen LogP) is 2.70. The number of piperazine rings is 1. The van der Waals surface area contributed by atoms with Gasteiger partial charge in [0.2, 0.25) is 5.75 Å². The van der Waals surface area contributed by atoms with Crippen LogP contribution in [0.4, 0.5) is 4.79 Å². The maximum absolute atomic E-state index is 12.5. The molecule has 1 aromatic carbocycles. The van der Waals surface area contributed by atoms with E-state index in [2.05, 4.69) is 4.98 Å². The predicted molar refractivity (Wildman–Crippen MR) is 114 cm³/mol. The lowest BCUT2D eigenvalue weighted by atomic mass is 10.2. The van der Waals surface area contributed by atoms with Gasteiger partial charge in [0.1, 0.15) is 11.3 Å². The first-order valence-electron chi connectivity index (χ1n) is 9.84. The summed E-state index contributed by atoms with van der Waals surface area (Å²) in [5.41, 5.74) is 0.149. The number of rotatable bonds is 4. The highest BCUT2D eigenvalue weighted by molar-refractivity contribution is 6.30. The molecular weight excluding hydrogens is 408 g/mol. The lowest BCUT2D eigenvalue weighted by Gasteiger charge is -2.35. The van der Waals surface area contributed by atoms with Crippen LogP contribution >= 0.6 is 11.6 Å². The molecule has 8 nitrogen and oxygen atoms in total. The third-order valence-corrected chi connectivity index (χ3v) is 4.96. The SMILES string of the molecule is CC(C)(C)OC(=O)N1CCN(Cc2ncn(Cc3cccc(Cl)c3)c(=O)c2O)CC1. The molecule has 0 radical (unpaired) electrons. The number of hydrogen-bond donors (Lipinski definition) is 1. The number of carbonyl (C=O) groups is 1. The van der Waals surface area contributed by atoms with Crippen LogP contribution in [0.1, 0.15) is 32.0 Å². The molecule has 1 N–H and O–H groups in total. The molecule has 2 heterocycles. The van der Waals surface area contributed by atoms with Gasteiger partial charge in [0, 0.05) is 37.7 Å². The maximum Gasteiger partial charge on any atom is 0.410 e. The standard InChI is InChI=1S/C21H27ClN4O4/c1-21(2,3)30-20(29)25-9-7-24(8-10-25)13-17-18(27)19(28)26(14-23-17)12-15-5-4-6-16(22)11-15/h4-6,11,14,27H,7-10,12-13H2,1-3H3. The van der Waals surface area contributed by atoms with Crippen molar-refractivity contribution in [2.45, 2.75) is 39.5 Å². The van der Waals surface area contributed by atoms with E-state index in [1.807, 2.05) is 31.7 Å². The number of benzene rings is 1. The molecule has 0 atom stereocenters. The summed E-state index contributed by atoms with van der Waals surface area (Å²) < 4.78 is 6.75. The minimum Gasteiger partial charge on any atom is -0.502 e. The fourth-order valence-corrected chi connectivity index (χ4v) is 3.41. The monoisotopic (exact) mass is 434 g/mol. The Bertz CT molecular complexity index is 962. The summed E-state index contributed by atoms with van der Waals surface area (Å²) in [6, 6.07) is 7.19. The van der Waals surface area contributed by atoms with Gasteiger partial charge in [0.25, 0.3) is 5.56 Å². The zero-order valence-corrected chi connectivity index (χ0v) is 18.2. The number of halogens is 1. The lowest BCUT2D eigenvalue weighted by molar-refractivity contribution is 0.0137. The van der Waals surface area contributed by atoms with Crippen molar-refractivity contribution in [2.24, 2.45) is 0 Å². The Morgan fingerprint density at radius 2 is 1.90 bits per heavy atom. The van der Waals surface area contributed by atoms with E-state index >= 15 is 0 Å². The average molecular weight is 435 g/mol. The molecule has 0 spiro atoms. The molecule has 1 aliphatic rings. The van der Waals surface area contributed by atoms with Crippen LogP contribution < -0.4 is 5.56 Å². The lowest BCUT2D eigenvalue weighted by Crippen LogP contribution is -2.49. The molecule has 30 heavy (non-hydrogen) atoms. The van der Waals surface area contributed by atoms with Crippen LogP contribution in [0.15, 0.2) is 35.4 Å². The van der Waals surface area contributed by atoms with Crippen molar-refractivity contribution in [1.82, 2.24) is 19.4 Å². The van der Waals surface area contributed by atoms with Gasteiger partial charge in [-0.15, -0.1) is 0 Å². The van der Waals surface area contributed by atoms with Crippen molar-refractivity contribution in [3.63, 3.8) is 0 Å². The van der Waals surface area contributed by atoms with Gasteiger partial charge in [-0.05, 0) is 38.5 Å². The van der Waals surface area contributed by atoms with E-state index in [1.54, 1.807) is 23.1 Å². The van der Waals surface area contributed by atoms with Gasteiger partial charge in [-0.1, -0.05) is 23.7 Å². The molecule has 1 aromatic heterocycles. The van der Waals surface area contributed by atoms with Crippen LogP contribution in [0.3, 0.4) is 0 Å². The van der Waals surface area contributed by atoms with E-state index in [-0.39, 0.29) is 18.4 Å². The van der Waals surface area contributed by atoms with Crippen molar-refractivity contribution in [3.8, 4) is 5.75 Å². The van der Waals surface area contributed by atoms with Gasteiger partial charge in [-0.2, -0.15) is 0 Å². The first-order chi connectivity index (χ1) is 14.1. The zero-order chi connectivity index (χ0) is 21.9. The summed E-state index contributed by atoms with van der Waals surface area (Å²) in [6.45, 7) is 8.36. The first kappa shape index (κ1) is 22.1. The Hall–Kier alpha value is -2.58. The Kier molecular flexibility index (Phi) is 6.67. The first-order valence-corrected chi connectivity index (χ1v) is 10.2. The highest BCUT2D eigenvalue weighted by Crippen LogP contribution is 2.16. The van der Waals surface area contributed by atoms with E-state index in [1.165, 1.54) is 10.9 Å².